The van der Waals surface area contributed by atoms with Crippen molar-refractivity contribution in [2.75, 3.05) is 11.9 Å². The summed E-state index contributed by atoms with van der Waals surface area (Å²) in [6.45, 7) is 6.43. The van der Waals surface area contributed by atoms with Crippen molar-refractivity contribution in [3.8, 4) is 5.88 Å². The third-order valence-corrected chi connectivity index (χ3v) is 7.31. The number of halogens is 1. The van der Waals surface area contributed by atoms with Crippen LogP contribution < -0.4 is 15.6 Å². The van der Waals surface area contributed by atoms with E-state index in [0.717, 1.165) is 19.3 Å². The van der Waals surface area contributed by atoms with Crippen LogP contribution in [0, 0.1) is 0 Å². The van der Waals surface area contributed by atoms with Crippen molar-refractivity contribution in [1.82, 2.24) is 19.3 Å². The van der Waals surface area contributed by atoms with Crippen molar-refractivity contribution in [2.45, 2.75) is 75.9 Å². The minimum atomic E-state index is -1.03. The van der Waals surface area contributed by atoms with Gasteiger partial charge in [-0.2, -0.15) is 10.1 Å². The summed E-state index contributed by atoms with van der Waals surface area (Å²) in [6, 6.07) is 4.35. The van der Waals surface area contributed by atoms with E-state index in [0.29, 0.717) is 24.1 Å². The zero-order valence-electron chi connectivity index (χ0n) is 20.0. The summed E-state index contributed by atoms with van der Waals surface area (Å²) in [5.74, 6) is -0.380. The van der Waals surface area contributed by atoms with Crippen LogP contribution in [0.1, 0.15) is 62.9 Å². The SMILES string of the molecule is CC(C)Oc1nc2nn([C@@]34CC[C@@](C)(C3)OC4)cc2cc1C(=O)Nc1cccn([C@H]2C[C@H]2F)c1=O. The third kappa shape index (κ3) is 3.71. The standard InChI is InChI=1S/C25H28FN5O4/c1-14(2)35-22-16(21(32)27-18-5-4-8-30(23(18)33)19-10-17(19)26)9-15-11-31(29-20(15)28-22)25-7-6-24(3,12-25)34-13-25/h4-5,8-9,11,14,17,19H,6-7,10,12-13H2,1-3H3,(H,27,32)/t17-,19+,24+,25+/m1/s1. The number of fused-ring (bicyclic) bond motifs is 3. The molecular weight excluding hydrogens is 453 g/mol. The summed E-state index contributed by atoms with van der Waals surface area (Å²) in [7, 11) is 0. The number of nitrogens with one attached hydrogen (secondary N) is 1. The second kappa shape index (κ2) is 7.61. The van der Waals surface area contributed by atoms with Crippen molar-refractivity contribution in [3.05, 3.63) is 46.5 Å². The van der Waals surface area contributed by atoms with E-state index in [-0.39, 0.29) is 34.4 Å². The molecule has 4 atom stereocenters. The molecule has 2 aliphatic carbocycles. The van der Waals surface area contributed by atoms with Gasteiger partial charge in [-0.15, -0.1) is 0 Å². The number of carbonyl (C=O) groups is 1. The zero-order chi connectivity index (χ0) is 24.5. The largest absolute Gasteiger partial charge is 0.474 e. The predicted octanol–water partition coefficient (Wildman–Crippen LogP) is 3.58. The van der Waals surface area contributed by atoms with Crippen LogP contribution in [0.2, 0.25) is 0 Å². The molecular formula is C25H28FN5O4. The number of hydrogen-bond donors (Lipinski definition) is 1. The van der Waals surface area contributed by atoms with E-state index >= 15 is 0 Å². The average molecular weight is 482 g/mol. The zero-order valence-corrected chi connectivity index (χ0v) is 20.0. The molecule has 3 fully saturated rings. The molecule has 3 aromatic rings. The summed E-state index contributed by atoms with van der Waals surface area (Å²) in [4.78, 5) is 30.7. The number of ether oxygens (including phenoxy) is 2. The molecule has 4 heterocycles. The quantitative estimate of drug-likeness (QED) is 0.578. The molecule has 1 N–H and O–H groups in total. The van der Waals surface area contributed by atoms with E-state index < -0.39 is 23.7 Å². The molecule has 6 rings (SSSR count). The Labute approximate surface area is 201 Å². The summed E-state index contributed by atoms with van der Waals surface area (Å²) in [5, 5.41) is 8.10. The lowest BCUT2D eigenvalue weighted by Crippen LogP contribution is -2.33. The Balaban J connectivity index is 1.35. The van der Waals surface area contributed by atoms with E-state index in [1.165, 1.54) is 16.8 Å². The molecule has 1 aliphatic heterocycles. The number of hydrogen-bond acceptors (Lipinski definition) is 6. The van der Waals surface area contributed by atoms with Crippen molar-refractivity contribution in [1.29, 1.82) is 0 Å². The molecule has 3 aromatic heterocycles. The lowest BCUT2D eigenvalue weighted by molar-refractivity contribution is -0.0149. The van der Waals surface area contributed by atoms with Crippen LogP contribution in [0.4, 0.5) is 10.1 Å². The number of pyridine rings is 2. The lowest BCUT2D eigenvalue weighted by Gasteiger charge is -2.26. The Morgan fingerprint density at radius 2 is 2.17 bits per heavy atom. The Hall–Kier alpha value is -3.27. The van der Waals surface area contributed by atoms with Gasteiger partial charge in [-0.3, -0.25) is 14.3 Å². The van der Waals surface area contributed by atoms with Crippen LogP contribution in [0.5, 0.6) is 5.88 Å². The fraction of sp³-hybridized carbons (Fsp3) is 0.520. The van der Waals surface area contributed by atoms with Gasteiger partial charge >= 0.3 is 0 Å². The van der Waals surface area contributed by atoms with E-state index in [4.69, 9.17) is 14.6 Å². The molecule has 0 spiro atoms. The first-order valence-electron chi connectivity index (χ1n) is 12.0. The Bertz CT molecular complexity index is 1390. The first kappa shape index (κ1) is 22.2. The van der Waals surface area contributed by atoms with Crippen LogP contribution >= 0.6 is 0 Å². The normalized spacial score (nSPS) is 29.2. The molecule has 0 radical (unpaired) electrons. The fourth-order valence-electron chi connectivity index (χ4n) is 5.34. The number of rotatable bonds is 6. The van der Waals surface area contributed by atoms with E-state index in [1.807, 2.05) is 24.7 Å². The highest BCUT2D eigenvalue weighted by atomic mass is 19.1. The Morgan fingerprint density at radius 3 is 2.80 bits per heavy atom. The molecule has 2 saturated carbocycles. The number of carbonyl (C=O) groups excluding carboxylic acids is 1. The molecule has 3 aliphatic rings. The second-order valence-electron chi connectivity index (χ2n) is 10.5. The molecule has 9 nitrogen and oxygen atoms in total. The first-order valence-corrected chi connectivity index (χ1v) is 12.0. The summed E-state index contributed by atoms with van der Waals surface area (Å²) >= 11 is 0. The summed E-state index contributed by atoms with van der Waals surface area (Å²) in [6.07, 6.45) is 5.33. The highest BCUT2D eigenvalue weighted by molar-refractivity contribution is 6.07. The van der Waals surface area contributed by atoms with Gasteiger partial charge in [0, 0.05) is 30.6 Å². The maximum atomic E-state index is 13.5. The number of amides is 1. The van der Waals surface area contributed by atoms with Gasteiger partial charge in [0.05, 0.1) is 29.9 Å². The van der Waals surface area contributed by atoms with Crippen LogP contribution in [-0.2, 0) is 10.3 Å². The number of anilines is 1. The molecule has 1 saturated heterocycles. The maximum Gasteiger partial charge on any atom is 0.274 e. The minimum absolute atomic E-state index is 0.0788. The molecule has 0 aromatic carbocycles. The third-order valence-electron chi connectivity index (χ3n) is 7.31. The topological polar surface area (TPSA) is 100 Å². The second-order valence-corrected chi connectivity index (χ2v) is 10.5. The number of aromatic nitrogens is 4. The monoisotopic (exact) mass is 481 g/mol. The molecule has 184 valence electrons. The number of alkyl halides is 1. The molecule has 35 heavy (non-hydrogen) atoms. The van der Waals surface area contributed by atoms with Gasteiger partial charge in [-0.1, -0.05) is 0 Å². The fourth-order valence-corrected chi connectivity index (χ4v) is 5.34. The van der Waals surface area contributed by atoms with Crippen LogP contribution in [0.15, 0.2) is 35.4 Å². The van der Waals surface area contributed by atoms with Gasteiger partial charge in [-0.05, 0) is 51.8 Å². The van der Waals surface area contributed by atoms with Crippen molar-refractivity contribution >= 4 is 22.6 Å². The molecule has 1 amide bonds. The smallest absolute Gasteiger partial charge is 0.274 e. The van der Waals surface area contributed by atoms with Crippen LogP contribution in [0.25, 0.3) is 11.0 Å². The van der Waals surface area contributed by atoms with E-state index in [1.54, 1.807) is 12.1 Å². The van der Waals surface area contributed by atoms with Crippen molar-refractivity contribution in [3.63, 3.8) is 0 Å². The molecule has 0 unspecified atom stereocenters. The molecule has 10 heteroatoms. The molecule has 2 bridgehead atoms. The van der Waals surface area contributed by atoms with Crippen molar-refractivity contribution in [2.24, 2.45) is 0 Å². The van der Waals surface area contributed by atoms with Crippen LogP contribution in [0.3, 0.4) is 0 Å². The highest BCUT2D eigenvalue weighted by Gasteiger charge is 2.55. The first-order chi connectivity index (χ1) is 16.7. The highest BCUT2D eigenvalue weighted by Crippen LogP contribution is 2.51. The summed E-state index contributed by atoms with van der Waals surface area (Å²) < 4.78 is 28.7. The number of nitrogens with zero attached hydrogens (tertiary/aromatic N) is 4. The average Bonchev–Trinajstić information content (AvgIpc) is 3.12. The van der Waals surface area contributed by atoms with Gasteiger partial charge in [0.15, 0.2) is 5.65 Å². The van der Waals surface area contributed by atoms with Crippen LogP contribution in [-0.4, -0.2) is 49.7 Å². The van der Waals surface area contributed by atoms with Gasteiger partial charge in [-0.25, -0.2) is 4.39 Å². The van der Waals surface area contributed by atoms with E-state index in [9.17, 15) is 14.0 Å². The van der Waals surface area contributed by atoms with Gasteiger partial charge in [0.1, 0.15) is 17.4 Å². The van der Waals surface area contributed by atoms with Gasteiger partial charge < -0.3 is 19.4 Å². The van der Waals surface area contributed by atoms with Crippen molar-refractivity contribution < 1.29 is 18.7 Å². The minimum Gasteiger partial charge on any atom is -0.474 e. The Kier molecular flexibility index (Phi) is 4.83. The lowest BCUT2D eigenvalue weighted by atomic mass is 9.99. The van der Waals surface area contributed by atoms with Gasteiger partial charge in [0.2, 0.25) is 5.88 Å². The van der Waals surface area contributed by atoms with E-state index in [2.05, 4.69) is 17.2 Å². The predicted molar refractivity (Wildman–Crippen MR) is 127 cm³/mol. The maximum absolute atomic E-state index is 13.5. The summed E-state index contributed by atoms with van der Waals surface area (Å²) in [5.41, 5.74) is -0.000703. The Morgan fingerprint density at radius 1 is 1.37 bits per heavy atom. The van der Waals surface area contributed by atoms with Gasteiger partial charge in [0.25, 0.3) is 11.5 Å².